The number of hydrogen-bond donors (Lipinski definition) is 0. The van der Waals surface area contributed by atoms with Crippen LogP contribution < -0.4 is 0 Å². The summed E-state index contributed by atoms with van der Waals surface area (Å²) in [5.41, 5.74) is 0.285. The third-order valence-electron chi connectivity index (χ3n) is 1.92. The van der Waals surface area contributed by atoms with E-state index in [9.17, 15) is 9.59 Å². The number of Topliss-reactive ketones (excluding diaryl/α,β-unsaturated/α-hetero) is 1. The largest absolute Gasteiger partial charge is 0.503 e. The van der Waals surface area contributed by atoms with Crippen molar-refractivity contribution in [2.45, 2.75) is 13.8 Å². The lowest BCUT2D eigenvalue weighted by atomic mass is 10.0. The van der Waals surface area contributed by atoms with E-state index in [0.717, 1.165) is 6.26 Å². The van der Waals surface area contributed by atoms with Gasteiger partial charge in [0.25, 0.3) is 0 Å². The summed E-state index contributed by atoms with van der Waals surface area (Å²) in [6.07, 6.45) is 1.08. The molecular weight excluding hydrogens is 232 g/mol. The number of ketones is 1. The Labute approximate surface area is 107 Å². The quantitative estimate of drug-likeness (QED) is 0.206. The number of carbonyl (C=O) groups excluding carboxylic acids is 2. The minimum Gasteiger partial charge on any atom is -0.503 e. The second-order valence-corrected chi connectivity index (χ2v) is 2.95. The molecule has 1 rings (SSSR count). The van der Waals surface area contributed by atoms with Crippen LogP contribution in [0.25, 0.3) is 0 Å². The van der Waals surface area contributed by atoms with Gasteiger partial charge in [-0.05, 0) is 0 Å². The molecule has 4 nitrogen and oxygen atoms in total. The third-order valence-corrected chi connectivity index (χ3v) is 1.92. The number of esters is 1. The molecule has 0 saturated carbocycles. The van der Waals surface area contributed by atoms with Crippen LogP contribution in [-0.4, -0.2) is 26.0 Å². The van der Waals surface area contributed by atoms with Crippen molar-refractivity contribution in [1.29, 1.82) is 0 Å². The van der Waals surface area contributed by atoms with Gasteiger partial charge in [-0.3, -0.25) is 4.79 Å². The van der Waals surface area contributed by atoms with E-state index in [4.69, 9.17) is 0 Å². The van der Waals surface area contributed by atoms with Crippen molar-refractivity contribution < 1.29 is 19.1 Å². The lowest BCUT2D eigenvalue weighted by Crippen LogP contribution is -2.15. The van der Waals surface area contributed by atoms with Gasteiger partial charge in [-0.2, -0.15) is 0 Å². The molecule has 0 heterocycles. The van der Waals surface area contributed by atoms with Crippen LogP contribution in [0.15, 0.2) is 42.2 Å². The first kappa shape index (κ1) is 15.9. The molecule has 98 valence electrons. The molecule has 1 aromatic carbocycles. The van der Waals surface area contributed by atoms with E-state index in [1.54, 1.807) is 30.3 Å². The van der Waals surface area contributed by atoms with Gasteiger partial charge in [0.15, 0.2) is 0 Å². The van der Waals surface area contributed by atoms with Crippen molar-refractivity contribution in [2.75, 3.05) is 14.2 Å². The highest BCUT2D eigenvalue weighted by Crippen LogP contribution is 2.09. The van der Waals surface area contributed by atoms with Gasteiger partial charge in [-0.25, -0.2) is 4.79 Å². The Morgan fingerprint density at radius 2 is 1.61 bits per heavy atom. The molecule has 0 aliphatic rings. The van der Waals surface area contributed by atoms with Crippen LogP contribution in [0.1, 0.15) is 24.2 Å². The summed E-state index contributed by atoms with van der Waals surface area (Å²) in [7, 11) is 2.57. The van der Waals surface area contributed by atoms with Gasteiger partial charge in [0.05, 0.1) is 14.2 Å². The molecule has 0 aromatic heterocycles. The minimum absolute atomic E-state index is 0.129. The van der Waals surface area contributed by atoms with Crippen LogP contribution in [0.3, 0.4) is 0 Å². The summed E-state index contributed by atoms with van der Waals surface area (Å²) >= 11 is 0. The molecule has 0 spiro atoms. The highest BCUT2D eigenvalue weighted by molar-refractivity contribution is 6.23. The van der Waals surface area contributed by atoms with E-state index in [1.165, 1.54) is 14.2 Å². The summed E-state index contributed by atoms with van der Waals surface area (Å²) in [4.78, 5) is 23.2. The predicted molar refractivity (Wildman–Crippen MR) is 69.2 cm³/mol. The number of carbonyl (C=O) groups is 2. The fourth-order valence-corrected chi connectivity index (χ4v) is 1.17. The maximum atomic E-state index is 11.9. The van der Waals surface area contributed by atoms with Crippen molar-refractivity contribution in [3.05, 3.63) is 47.7 Å². The van der Waals surface area contributed by atoms with Crippen LogP contribution >= 0.6 is 0 Å². The Balaban J connectivity index is 0.00000137. The molecule has 0 aliphatic heterocycles. The minimum atomic E-state index is -0.712. The van der Waals surface area contributed by atoms with Crippen molar-refractivity contribution in [3.63, 3.8) is 0 Å². The first-order valence-corrected chi connectivity index (χ1v) is 5.61. The molecule has 0 unspecified atom stereocenters. The molecule has 0 bridgehead atoms. The fourth-order valence-electron chi connectivity index (χ4n) is 1.17. The normalized spacial score (nSPS) is 9.89. The number of benzene rings is 1. The zero-order valence-electron chi connectivity index (χ0n) is 11.1. The average Bonchev–Trinajstić information content (AvgIpc) is 2.46. The maximum Gasteiger partial charge on any atom is 0.345 e. The third kappa shape index (κ3) is 4.41. The Morgan fingerprint density at radius 1 is 1.06 bits per heavy atom. The van der Waals surface area contributed by atoms with Crippen molar-refractivity contribution >= 4 is 11.8 Å². The molecule has 0 radical (unpaired) electrons. The lowest BCUT2D eigenvalue weighted by molar-refractivity contribution is -0.135. The fraction of sp³-hybridized carbons (Fsp3) is 0.286. The summed E-state index contributed by atoms with van der Waals surface area (Å²) in [5.74, 6) is -1.13. The Hall–Kier alpha value is -2.10. The number of ether oxygens (including phenoxy) is 2. The SMILES string of the molecule is CC.CO/C=C(\C(=O)OC)C(=O)c1ccccc1. The predicted octanol–water partition coefficient (Wildman–Crippen LogP) is 2.60. The van der Waals surface area contributed by atoms with Gasteiger partial charge in [-0.1, -0.05) is 44.2 Å². The molecule has 0 fully saturated rings. The van der Waals surface area contributed by atoms with Gasteiger partial charge >= 0.3 is 5.97 Å². The maximum absolute atomic E-state index is 11.9. The van der Waals surface area contributed by atoms with Gasteiger partial charge in [0, 0.05) is 5.56 Å². The number of hydrogen-bond acceptors (Lipinski definition) is 4. The molecule has 0 amide bonds. The van der Waals surface area contributed by atoms with E-state index in [1.807, 2.05) is 13.8 Å². The molecule has 1 aromatic rings. The van der Waals surface area contributed by atoms with Crippen LogP contribution in [0.4, 0.5) is 0 Å². The monoisotopic (exact) mass is 250 g/mol. The Kier molecular flexibility index (Phi) is 7.94. The molecule has 0 aliphatic carbocycles. The summed E-state index contributed by atoms with van der Waals surface area (Å²) in [6, 6.07) is 8.46. The van der Waals surface area contributed by atoms with E-state index in [2.05, 4.69) is 9.47 Å². The van der Waals surface area contributed by atoms with Crippen molar-refractivity contribution in [1.82, 2.24) is 0 Å². The summed E-state index contributed by atoms with van der Waals surface area (Å²) in [5, 5.41) is 0. The van der Waals surface area contributed by atoms with Crippen LogP contribution in [0.2, 0.25) is 0 Å². The molecule has 0 N–H and O–H groups in total. The van der Waals surface area contributed by atoms with Crippen molar-refractivity contribution in [3.8, 4) is 0 Å². The first-order chi connectivity index (χ1) is 8.70. The highest BCUT2D eigenvalue weighted by Gasteiger charge is 2.20. The topological polar surface area (TPSA) is 52.6 Å². The van der Waals surface area contributed by atoms with Crippen LogP contribution in [0, 0.1) is 0 Å². The van der Waals surface area contributed by atoms with E-state index >= 15 is 0 Å². The van der Waals surface area contributed by atoms with E-state index in [-0.39, 0.29) is 5.57 Å². The second-order valence-electron chi connectivity index (χ2n) is 2.95. The lowest BCUT2D eigenvalue weighted by Gasteiger charge is -2.04. The zero-order valence-corrected chi connectivity index (χ0v) is 11.1. The zero-order chi connectivity index (χ0) is 14.0. The molecule has 18 heavy (non-hydrogen) atoms. The second kappa shape index (κ2) is 8.98. The van der Waals surface area contributed by atoms with E-state index in [0.29, 0.717) is 5.56 Å². The van der Waals surface area contributed by atoms with E-state index < -0.39 is 11.8 Å². The van der Waals surface area contributed by atoms with Gasteiger partial charge in [0.2, 0.25) is 5.78 Å². The first-order valence-electron chi connectivity index (χ1n) is 5.61. The Morgan fingerprint density at radius 3 is 2.06 bits per heavy atom. The van der Waals surface area contributed by atoms with Gasteiger partial charge in [-0.15, -0.1) is 0 Å². The smallest absolute Gasteiger partial charge is 0.345 e. The molecule has 0 atom stereocenters. The summed E-state index contributed by atoms with van der Waals surface area (Å²) < 4.78 is 9.19. The molecular formula is C14H18O4. The standard InChI is InChI=1S/C12H12O4.C2H6/c1-15-8-10(12(14)16-2)11(13)9-6-4-3-5-7-9;1-2/h3-8H,1-2H3;1-2H3/b10-8-;. The molecule has 4 heteroatoms. The van der Waals surface area contributed by atoms with Gasteiger partial charge < -0.3 is 9.47 Å². The highest BCUT2D eigenvalue weighted by atomic mass is 16.5. The van der Waals surface area contributed by atoms with Gasteiger partial charge in [0.1, 0.15) is 11.8 Å². The Bertz CT molecular complexity index is 407. The molecule has 0 saturated heterocycles. The average molecular weight is 250 g/mol. The van der Waals surface area contributed by atoms with Crippen LogP contribution in [-0.2, 0) is 14.3 Å². The number of methoxy groups -OCH3 is 2. The summed E-state index contributed by atoms with van der Waals surface area (Å²) in [6.45, 7) is 4.00. The number of rotatable bonds is 4. The van der Waals surface area contributed by atoms with Crippen LogP contribution in [0.5, 0.6) is 0 Å². The van der Waals surface area contributed by atoms with Crippen molar-refractivity contribution in [2.24, 2.45) is 0 Å².